The van der Waals surface area contributed by atoms with E-state index < -0.39 is 0 Å². The second-order valence-corrected chi connectivity index (χ2v) is 6.42. The lowest BCUT2D eigenvalue weighted by Gasteiger charge is -2.14. The Morgan fingerprint density at radius 2 is 2.04 bits per heavy atom. The smallest absolute Gasteiger partial charge is 0.276 e. The van der Waals surface area contributed by atoms with Gasteiger partial charge < -0.3 is 14.4 Å². The van der Waals surface area contributed by atoms with Crippen molar-refractivity contribution in [1.29, 1.82) is 0 Å². The third-order valence-corrected chi connectivity index (χ3v) is 4.79. The predicted molar refractivity (Wildman–Crippen MR) is 103 cm³/mol. The van der Waals surface area contributed by atoms with E-state index in [1.54, 1.807) is 24.0 Å². The van der Waals surface area contributed by atoms with Gasteiger partial charge in [-0.25, -0.2) is 0 Å². The summed E-state index contributed by atoms with van der Waals surface area (Å²) in [5.41, 5.74) is 1.43. The van der Waals surface area contributed by atoms with Crippen LogP contribution in [-0.4, -0.2) is 48.1 Å². The number of nitrogens with zero attached hydrogens (tertiary/aromatic N) is 2. The molecule has 0 N–H and O–H groups in total. The molecule has 1 aromatic carbocycles. The Bertz CT molecular complexity index is 676. The molecule has 1 amide bonds. The number of hydrogen-bond donors (Lipinski definition) is 0. The third-order valence-electron chi connectivity index (χ3n) is 3.50. The van der Waals surface area contributed by atoms with Crippen LogP contribution in [0.5, 0.6) is 11.5 Å². The van der Waals surface area contributed by atoms with E-state index in [0.717, 1.165) is 9.13 Å². The standard InChI is InChI=1S/C16H19IN2O3S/c1-5-19-15(20)12(18(3)16(19)23)8-10-7-11(17)14(21-4)13(9-10)22-6-2/h7-9H,5-6H2,1-4H3. The Balaban J connectivity index is 2.47. The van der Waals surface area contributed by atoms with Crippen molar-refractivity contribution in [2.24, 2.45) is 0 Å². The lowest BCUT2D eigenvalue weighted by molar-refractivity contribution is -0.122. The highest BCUT2D eigenvalue weighted by Crippen LogP contribution is 2.35. The summed E-state index contributed by atoms with van der Waals surface area (Å²) in [4.78, 5) is 15.8. The molecule has 0 aliphatic carbocycles. The van der Waals surface area contributed by atoms with Crippen LogP contribution in [0.3, 0.4) is 0 Å². The molecule has 0 saturated carbocycles. The molecule has 0 radical (unpaired) electrons. The minimum absolute atomic E-state index is 0.0798. The molecule has 0 aromatic heterocycles. The first-order valence-corrected chi connectivity index (χ1v) is 8.74. The van der Waals surface area contributed by atoms with E-state index >= 15 is 0 Å². The number of ether oxygens (including phenoxy) is 2. The van der Waals surface area contributed by atoms with Gasteiger partial charge in [-0.15, -0.1) is 0 Å². The Labute approximate surface area is 155 Å². The molecule has 124 valence electrons. The maximum absolute atomic E-state index is 12.5. The normalized spacial score (nSPS) is 16.5. The van der Waals surface area contributed by atoms with Crippen LogP contribution in [0.25, 0.3) is 6.08 Å². The van der Waals surface area contributed by atoms with E-state index in [2.05, 4.69) is 22.6 Å². The van der Waals surface area contributed by atoms with Crippen LogP contribution >= 0.6 is 34.8 Å². The molecule has 1 aliphatic heterocycles. The zero-order valence-electron chi connectivity index (χ0n) is 13.6. The molecule has 2 rings (SSSR count). The summed E-state index contributed by atoms with van der Waals surface area (Å²) in [6.07, 6.45) is 1.83. The average molecular weight is 446 g/mol. The molecule has 1 aliphatic rings. The van der Waals surface area contributed by atoms with Gasteiger partial charge >= 0.3 is 0 Å². The maximum Gasteiger partial charge on any atom is 0.276 e. The van der Waals surface area contributed by atoms with Crippen LogP contribution < -0.4 is 9.47 Å². The summed E-state index contributed by atoms with van der Waals surface area (Å²) in [5, 5.41) is 0.525. The zero-order chi connectivity index (χ0) is 17.1. The van der Waals surface area contributed by atoms with E-state index in [4.69, 9.17) is 21.7 Å². The summed E-state index contributed by atoms with van der Waals surface area (Å²) in [5.74, 6) is 1.28. The van der Waals surface area contributed by atoms with E-state index in [1.807, 2.05) is 32.1 Å². The number of carbonyl (C=O) groups is 1. The van der Waals surface area contributed by atoms with Crippen molar-refractivity contribution in [2.75, 3.05) is 27.3 Å². The van der Waals surface area contributed by atoms with Crippen LogP contribution in [0.4, 0.5) is 0 Å². The molecule has 0 unspecified atom stereocenters. The molecule has 1 saturated heterocycles. The third kappa shape index (κ3) is 3.45. The first kappa shape index (κ1) is 18.0. The monoisotopic (exact) mass is 446 g/mol. The van der Waals surface area contributed by atoms with Crippen molar-refractivity contribution >= 4 is 51.9 Å². The van der Waals surface area contributed by atoms with Gasteiger partial charge in [0, 0.05) is 13.6 Å². The summed E-state index contributed by atoms with van der Waals surface area (Å²) in [6.45, 7) is 4.93. The van der Waals surface area contributed by atoms with Crippen LogP contribution in [0.1, 0.15) is 19.4 Å². The Morgan fingerprint density at radius 1 is 1.35 bits per heavy atom. The van der Waals surface area contributed by atoms with Gasteiger partial charge in [0.2, 0.25) is 0 Å². The first-order chi connectivity index (χ1) is 10.9. The SMILES string of the molecule is CCOc1cc(C=C2C(=O)N(CC)C(=S)N2C)cc(I)c1OC. The van der Waals surface area contributed by atoms with Gasteiger partial charge in [-0.3, -0.25) is 9.69 Å². The van der Waals surface area contributed by atoms with Gasteiger partial charge in [-0.1, -0.05) is 0 Å². The number of benzene rings is 1. The second kappa shape index (κ2) is 7.48. The Hall–Kier alpha value is -1.35. The number of likely N-dealkylation sites (N-methyl/N-ethyl adjacent to an activating group) is 2. The lowest BCUT2D eigenvalue weighted by atomic mass is 10.1. The van der Waals surface area contributed by atoms with E-state index in [1.165, 1.54) is 0 Å². The molecule has 0 spiro atoms. The highest BCUT2D eigenvalue weighted by molar-refractivity contribution is 14.1. The maximum atomic E-state index is 12.5. The highest BCUT2D eigenvalue weighted by Gasteiger charge is 2.34. The molecule has 5 nitrogen and oxygen atoms in total. The molecule has 7 heteroatoms. The summed E-state index contributed by atoms with van der Waals surface area (Å²) in [6, 6.07) is 3.82. The van der Waals surface area contributed by atoms with Crippen molar-refractivity contribution < 1.29 is 14.3 Å². The second-order valence-electron chi connectivity index (χ2n) is 4.89. The van der Waals surface area contributed by atoms with Gasteiger partial charge in [0.15, 0.2) is 16.6 Å². The van der Waals surface area contributed by atoms with Crippen LogP contribution in [0, 0.1) is 3.57 Å². The fourth-order valence-corrected chi connectivity index (χ4v) is 3.54. The van der Waals surface area contributed by atoms with Crippen molar-refractivity contribution in [1.82, 2.24) is 9.80 Å². The van der Waals surface area contributed by atoms with Gasteiger partial charge in [0.05, 0.1) is 17.3 Å². The number of amides is 1. The van der Waals surface area contributed by atoms with Gasteiger partial charge in [-0.05, 0) is 72.4 Å². The number of halogens is 1. The highest BCUT2D eigenvalue weighted by atomic mass is 127. The van der Waals surface area contributed by atoms with Gasteiger partial charge in [0.25, 0.3) is 5.91 Å². The van der Waals surface area contributed by atoms with Crippen molar-refractivity contribution in [3.63, 3.8) is 0 Å². The molecule has 0 atom stereocenters. The van der Waals surface area contributed by atoms with Gasteiger partial charge in [-0.2, -0.15) is 0 Å². The van der Waals surface area contributed by atoms with Crippen molar-refractivity contribution in [3.05, 3.63) is 27.0 Å². The number of rotatable bonds is 5. The zero-order valence-corrected chi connectivity index (χ0v) is 16.5. The molecule has 1 heterocycles. The predicted octanol–water partition coefficient (Wildman–Crippen LogP) is 3.12. The summed E-state index contributed by atoms with van der Waals surface area (Å²) < 4.78 is 11.9. The quantitative estimate of drug-likeness (QED) is 0.395. The largest absolute Gasteiger partial charge is 0.492 e. The molecular formula is C16H19IN2O3S. The Morgan fingerprint density at radius 3 is 2.57 bits per heavy atom. The fraction of sp³-hybridized carbons (Fsp3) is 0.375. The molecule has 1 fully saturated rings. The minimum atomic E-state index is -0.0798. The average Bonchev–Trinajstić information content (AvgIpc) is 2.71. The molecule has 0 bridgehead atoms. The number of carbonyl (C=O) groups excluding carboxylic acids is 1. The lowest BCUT2D eigenvalue weighted by Crippen LogP contribution is -2.30. The summed E-state index contributed by atoms with van der Waals surface area (Å²) >= 11 is 7.50. The van der Waals surface area contributed by atoms with Crippen LogP contribution in [0.15, 0.2) is 17.8 Å². The number of methoxy groups -OCH3 is 1. The topological polar surface area (TPSA) is 42.0 Å². The van der Waals surface area contributed by atoms with E-state index in [9.17, 15) is 4.79 Å². The van der Waals surface area contributed by atoms with Crippen LogP contribution in [0.2, 0.25) is 0 Å². The summed E-state index contributed by atoms with van der Waals surface area (Å²) in [7, 11) is 3.42. The minimum Gasteiger partial charge on any atom is -0.492 e. The van der Waals surface area contributed by atoms with Crippen molar-refractivity contribution in [3.8, 4) is 11.5 Å². The Kier molecular flexibility index (Phi) is 5.85. The first-order valence-electron chi connectivity index (χ1n) is 7.26. The van der Waals surface area contributed by atoms with E-state index in [0.29, 0.717) is 35.5 Å². The van der Waals surface area contributed by atoms with Gasteiger partial charge in [0.1, 0.15) is 5.70 Å². The molecule has 1 aromatic rings. The molecule has 23 heavy (non-hydrogen) atoms. The number of thiocarbonyl (C=S) groups is 1. The number of hydrogen-bond acceptors (Lipinski definition) is 4. The molecular weight excluding hydrogens is 427 g/mol. The van der Waals surface area contributed by atoms with Crippen molar-refractivity contribution in [2.45, 2.75) is 13.8 Å². The fourth-order valence-electron chi connectivity index (χ4n) is 2.38. The van der Waals surface area contributed by atoms with E-state index in [-0.39, 0.29) is 5.91 Å². The van der Waals surface area contributed by atoms with Crippen LogP contribution in [-0.2, 0) is 4.79 Å².